The van der Waals surface area contributed by atoms with Crippen molar-refractivity contribution in [2.45, 2.75) is 24.2 Å². The summed E-state index contributed by atoms with van der Waals surface area (Å²) in [6.07, 6.45) is 0.668. The Morgan fingerprint density at radius 2 is 1.72 bits per heavy atom. The fourth-order valence-electron chi connectivity index (χ4n) is 2.44. The van der Waals surface area contributed by atoms with Crippen molar-refractivity contribution in [1.82, 2.24) is 4.47 Å². The molecular weight excluding hydrogens is 340 g/mol. The number of rotatable bonds is 7. The van der Waals surface area contributed by atoms with Gasteiger partial charge in [-0.05, 0) is 36.2 Å². The zero-order valence-corrected chi connectivity index (χ0v) is 15.3. The molecule has 0 spiro atoms. The van der Waals surface area contributed by atoms with Gasteiger partial charge in [0.25, 0.3) is 10.0 Å². The summed E-state index contributed by atoms with van der Waals surface area (Å²) >= 11 is 0. The molecular formula is C18H22N2O4S. The average Bonchev–Trinajstić information content (AvgIpc) is 2.63. The molecule has 1 N–H and O–H groups in total. The molecule has 0 aliphatic carbocycles. The van der Waals surface area contributed by atoms with Gasteiger partial charge in [0.15, 0.2) is 0 Å². The summed E-state index contributed by atoms with van der Waals surface area (Å²) < 4.78 is 25.1. The summed E-state index contributed by atoms with van der Waals surface area (Å²) in [4.78, 5) is 17.3. The van der Waals surface area contributed by atoms with E-state index >= 15 is 0 Å². The predicted octanol–water partition coefficient (Wildman–Crippen LogP) is 3.00. The monoisotopic (exact) mass is 362 g/mol. The van der Waals surface area contributed by atoms with E-state index < -0.39 is 10.0 Å². The Kier molecular flexibility index (Phi) is 6.30. The molecule has 0 saturated carbocycles. The van der Waals surface area contributed by atoms with Gasteiger partial charge in [-0.1, -0.05) is 41.7 Å². The molecule has 0 heterocycles. The predicted molar refractivity (Wildman–Crippen MR) is 96.5 cm³/mol. The SMILES string of the molecule is CCC(C(=O)Nc1ccc(S(=O)(=O)N(C)OC)cc1)c1ccccc1. The third-order valence-electron chi connectivity index (χ3n) is 3.94. The van der Waals surface area contributed by atoms with E-state index in [2.05, 4.69) is 5.32 Å². The van der Waals surface area contributed by atoms with Crippen LogP contribution in [0.4, 0.5) is 5.69 Å². The highest BCUT2D eigenvalue weighted by molar-refractivity contribution is 7.89. The molecule has 2 aromatic rings. The lowest BCUT2D eigenvalue weighted by Gasteiger charge is -2.16. The number of anilines is 1. The number of hydrogen-bond donors (Lipinski definition) is 1. The fourth-order valence-corrected chi connectivity index (χ4v) is 3.42. The number of hydrogen-bond acceptors (Lipinski definition) is 4. The summed E-state index contributed by atoms with van der Waals surface area (Å²) in [5.41, 5.74) is 1.49. The maximum atomic E-state index is 12.5. The average molecular weight is 362 g/mol. The molecule has 2 rings (SSSR count). The molecule has 0 fully saturated rings. The van der Waals surface area contributed by atoms with Crippen LogP contribution in [0.2, 0.25) is 0 Å². The van der Waals surface area contributed by atoms with Gasteiger partial charge in [-0.3, -0.25) is 9.63 Å². The maximum Gasteiger partial charge on any atom is 0.264 e. The summed E-state index contributed by atoms with van der Waals surface area (Å²) in [5.74, 6) is -0.387. The van der Waals surface area contributed by atoms with Crippen molar-refractivity contribution in [3.05, 3.63) is 60.2 Å². The maximum absolute atomic E-state index is 12.5. The van der Waals surface area contributed by atoms with Gasteiger partial charge >= 0.3 is 0 Å². The normalized spacial score (nSPS) is 12.8. The first-order chi connectivity index (χ1) is 11.9. The molecule has 0 saturated heterocycles. The molecule has 0 aliphatic heterocycles. The smallest absolute Gasteiger partial charge is 0.264 e. The number of amides is 1. The number of sulfonamides is 1. The molecule has 1 unspecified atom stereocenters. The van der Waals surface area contributed by atoms with Crippen LogP contribution in [0.25, 0.3) is 0 Å². The van der Waals surface area contributed by atoms with Gasteiger partial charge in [0.2, 0.25) is 5.91 Å². The minimum atomic E-state index is -3.70. The largest absolute Gasteiger partial charge is 0.326 e. The Bertz CT molecular complexity index is 805. The molecule has 0 radical (unpaired) electrons. The third kappa shape index (κ3) is 4.45. The van der Waals surface area contributed by atoms with E-state index in [0.29, 0.717) is 12.1 Å². The first-order valence-corrected chi connectivity index (χ1v) is 9.33. The van der Waals surface area contributed by atoms with Crippen LogP contribution in [0.1, 0.15) is 24.8 Å². The second-order valence-electron chi connectivity index (χ2n) is 5.48. The Labute approximate surface area is 148 Å². The van der Waals surface area contributed by atoms with Crippen molar-refractivity contribution >= 4 is 21.6 Å². The number of benzene rings is 2. The van der Waals surface area contributed by atoms with Crippen molar-refractivity contribution in [2.24, 2.45) is 0 Å². The summed E-state index contributed by atoms with van der Waals surface area (Å²) in [6.45, 7) is 1.95. The van der Waals surface area contributed by atoms with E-state index in [0.717, 1.165) is 10.0 Å². The zero-order valence-electron chi connectivity index (χ0n) is 14.5. The summed E-state index contributed by atoms with van der Waals surface area (Å²) in [5, 5.41) is 2.83. The minimum Gasteiger partial charge on any atom is -0.326 e. The van der Waals surface area contributed by atoms with Crippen LogP contribution in [0.15, 0.2) is 59.5 Å². The van der Waals surface area contributed by atoms with E-state index in [1.165, 1.54) is 26.3 Å². The minimum absolute atomic E-state index is 0.0879. The molecule has 0 bridgehead atoms. The summed E-state index contributed by atoms with van der Waals surface area (Å²) in [6, 6.07) is 15.5. The Morgan fingerprint density at radius 1 is 1.12 bits per heavy atom. The molecule has 2 aromatic carbocycles. The number of carbonyl (C=O) groups is 1. The highest BCUT2D eigenvalue weighted by Crippen LogP contribution is 2.23. The van der Waals surface area contributed by atoms with Crippen molar-refractivity contribution in [1.29, 1.82) is 0 Å². The van der Waals surface area contributed by atoms with Gasteiger partial charge in [-0.25, -0.2) is 8.42 Å². The van der Waals surface area contributed by atoms with Gasteiger partial charge in [-0.15, -0.1) is 0 Å². The number of nitrogens with zero attached hydrogens (tertiary/aromatic N) is 1. The van der Waals surface area contributed by atoms with E-state index in [1.54, 1.807) is 12.1 Å². The Balaban J connectivity index is 2.14. The lowest BCUT2D eigenvalue weighted by atomic mass is 9.95. The van der Waals surface area contributed by atoms with E-state index in [-0.39, 0.29) is 16.7 Å². The van der Waals surface area contributed by atoms with Crippen molar-refractivity contribution in [3.63, 3.8) is 0 Å². The number of nitrogens with one attached hydrogen (secondary N) is 1. The zero-order chi connectivity index (χ0) is 18.4. The Hall–Kier alpha value is -2.22. The molecule has 25 heavy (non-hydrogen) atoms. The topological polar surface area (TPSA) is 75.7 Å². The van der Waals surface area contributed by atoms with Crippen LogP contribution in [0, 0.1) is 0 Å². The summed E-state index contributed by atoms with van der Waals surface area (Å²) in [7, 11) is -1.11. The van der Waals surface area contributed by atoms with Crippen LogP contribution < -0.4 is 5.32 Å². The van der Waals surface area contributed by atoms with Crippen molar-refractivity contribution in [2.75, 3.05) is 19.5 Å². The molecule has 0 aliphatic rings. The lowest BCUT2D eigenvalue weighted by molar-refractivity contribution is -0.117. The first kappa shape index (κ1) is 19.1. The van der Waals surface area contributed by atoms with Crippen molar-refractivity contribution in [3.8, 4) is 0 Å². The molecule has 0 aromatic heterocycles. The van der Waals surface area contributed by atoms with Crippen molar-refractivity contribution < 1.29 is 18.0 Å². The first-order valence-electron chi connectivity index (χ1n) is 7.89. The highest BCUT2D eigenvalue weighted by Gasteiger charge is 2.21. The van der Waals surface area contributed by atoms with Crippen LogP contribution in [0.3, 0.4) is 0 Å². The third-order valence-corrected chi connectivity index (χ3v) is 5.64. The molecule has 1 atom stereocenters. The number of carbonyl (C=O) groups excluding carboxylic acids is 1. The second-order valence-corrected chi connectivity index (χ2v) is 7.42. The van der Waals surface area contributed by atoms with Gasteiger partial charge < -0.3 is 5.32 Å². The van der Waals surface area contributed by atoms with Crippen LogP contribution in [-0.2, 0) is 19.7 Å². The lowest BCUT2D eigenvalue weighted by Crippen LogP contribution is -2.25. The Morgan fingerprint density at radius 3 is 2.24 bits per heavy atom. The standard InChI is InChI=1S/C18H22N2O4S/c1-4-17(14-8-6-5-7-9-14)18(21)19-15-10-12-16(13-11-15)25(22,23)20(2)24-3/h5-13,17H,4H2,1-3H3,(H,19,21). The van der Waals surface area contributed by atoms with E-state index in [4.69, 9.17) is 4.84 Å². The quantitative estimate of drug-likeness (QED) is 0.768. The van der Waals surface area contributed by atoms with Crippen LogP contribution in [-0.4, -0.2) is 33.0 Å². The van der Waals surface area contributed by atoms with Gasteiger partial charge in [0.1, 0.15) is 0 Å². The molecule has 1 amide bonds. The van der Waals surface area contributed by atoms with Gasteiger partial charge in [-0.2, -0.15) is 0 Å². The molecule has 134 valence electrons. The van der Waals surface area contributed by atoms with Crippen LogP contribution >= 0.6 is 0 Å². The second kappa shape index (κ2) is 8.24. The van der Waals surface area contributed by atoms with Crippen LogP contribution in [0.5, 0.6) is 0 Å². The van der Waals surface area contributed by atoms with E-state index in [1.807, 2.05) is 37.3 Å². The molecule has 6 nitrogen and oxygen atoms in total. The molecule has 7 heteroatoms. The van der Waals surface area contributed by atoms with Gasteiger partial charge in [0.05, 0.1) is 17.9 Å². The van der Waals surface area contributed by atoms with Gasteiger partial charge in [0, 0.05) is 12.7 Å². The number of hydroxylamine groups is 1. The highest BCUT2D eigenvalue weighted by atomic mass is 32.2. The van der Waals surface area contributed by atoms with E-state index in [9.17, 15) is 13.2 Å². The fraction of sp³-hybridized carbons (Fsp3) is 0.278.